The summed E-state index contributed by atoms with van der Waals surface area (Å²) in [5.41, 5.74) is 3.87. The molecular weight excluding hydrogens is 327 g/mol. The molecule has 0 saturated heterocycles. The molecule has 5 heteroatoms. The van der Waals surface area contributed by atoms with Gasteiger partial charge in [-0.3, -0.25) is 0 Å². The molecule has 2 aromatic carbocycles. The number of benzene rings is 2. The van der Waals surface area contributed by atoms with Crippen molar-refractivity contribution in [1.29, 1.82) is 0 Å². The molecule has 0 aliphatic carbocycles. The molecule has 0 aliphatic rings. The quantitative estimate of drug-likeness (QED) is 0.580. The molecule has 0 bridgehead atoms. The van der Waals surface area contributed by atoms with Crippen LogP contribution in [0.3, 0.4) is 0 Å². The fourth-order valence-corrected chi connectivity index (χ4v) is 2.85. The van der Waals surface area contributed by atoms with Gasteiger partial charge < -0.3 is 5.32 Å². The highest BCUT2D eigenvalue weighted by molar-refractivity contribution is 5.60. The van der Waals surface area contributed by atoms with Gasteiger partial charge in [-0.05, 0) is 30.7 Å². The van der Waals surface area contributed by atoms with Crippen molar-refractivity contribution in [1.82, 2.24) is 20.3 Å². The molecule has 0 aliphatic heterocycles. The number of nitrogens with zero attached hydrogens (tertiary/aromatic N) is 3. The molecule has 0 spiro atoms. The Bertz CT molecular complexity index is 797. The summed E-state index contributed by atoms with van der Waals surface area (Å²) in [5, 5.41) is 12.8. The number of unbranched alkanes of at least 4 members (excludes halogenated alkanes) is 2. The van der Waals surface area contributed by atoms with Crippen LogP contribution >= 0.6 is 0 Å². The van der Waals surface area contributed by atoms with E-state index in [2.05, 4.69) is 22.4 Å². The van der Waals surface area contributed by atoms with E-state index >= 15 is 0 Å². The Morgan fingerprint density at radius 2 is 1.73 bits per heavy atom. The lowest BCUT2D eigenvalue weighted by atomic mass is 10.1. The van der Waals surface area contributed by atoms with Crippen molar-refractivity contribution in [2.75, 3.05) is 6.54 Å². The molecule has 0 amide bonds. The van der Waals surface area contributed by atoms with E-state index in [-0.39, 0.29) is 5.82 Å². The summed E-state index contributed by atoms with van der Waals surface area (Å²) in [6.45, 7) is 4.40. The molecule has 1 heterocycles. The minimum absolute atomic E-state index is 0.232. The van der Waals surface area contributed by atoms with Crippen LogP contribution in [0, 0.1) is 5.82 Å². The van der Waals surface area contributed by atoms with Crippen LogP contribution in [-0.2, 0) is 13.1 Å². The van der Waals surface area contributed by atoms with Gasteiger partial charge in [0.25, 0.3) is 0 Å². The van der Waals surface area contributed by atoms with Gasteiger partial charge in [0.1, 0.15) is 17.2 Å². The molecule has 0 radical (unpaired) electrons. The lowest BCUT2D eigenvalue weighted by Crippen LogP contribution is -2.16. The molecular formula is C21H25FN4. The van der Waals surface area contributed by atoms with Gasteiger partial charge >= 0.3 is 0 Å². The van der Waals surface area contributed by atoms with Crippen molar-refractivity contribution in [3.8, 4) is 11.3 Å². The van der Waals surface area contributed by atoms with Crippen LogP contribution < -0.4 is 5.32 Å². The maximum absolute atomic E-state index is 13.1. The van der Waals surface area contributed by atoms with Crippen molar-refractivity contribution in [2.24, 2.45) is 0 Å². The van der Waals surface area contributed by atoms with E-state index in [1.807, 2.05) is 30.3 Å². The van der Waals surface area contributed by atoms with E-state index in [1.165, 1.54) is 31.4 Å². The van der Waals surface area contributed by atoms with Gasteiger partial charge in [0.05, 0.1) is 6.54 Å². The van der Waals surface area contributed by atoms with Crippen molar-refractivity contribution in [2.45, 2.75) is 39.3 Å². The zero-order valence-corrected chi connectivity index (χ0v) is 15.2. The van der Waals surface area contributed by atoms with Crippen LogP contribution in [-0.4, -0.2) is 21.5 Å². The van der Waals surface area contributed by atoms with E-state index in [9.17, 15) is 4.39 Å². The predicted octanol–water partition coefficient (Wildman–Crippen LogP) is 4.41. The summed E-state index contributed by atoms with van der Waals surface area (Å²) >= 11 is 0. The molecule has 26 heavy (non-hydrogen) atoms. The molecule has 136 valence electrons. The lowest BCUT2D eigenvalue weighted by Gasteiger charge is -2.03. The van der Waals surface area contributed by atoms with E-state index in [0.717, 1.165) is 29.1 Å². The minimum Gasteiger partial charge on any atom is -0.311 e. The van der Waals surface area contributed by atoms with Crippen molar-refractivity contribution in [3.05, 3.63) is 71.7 Å². The van der Waals surface area contributed by atoms with Gasteiger partial charge in [-0.1, -0.05) is 62.2 Å². The fourth-order valence-electron chi connectivity index (χ4n) is 2.85. The van der Waals surface area contributed by atoms with E-state index in [1.54, 1.807) is 16.9 Å². The number of aromatic nitrogens is 3. The average Bonchev–Trinajstić information content (AvgIpc) is 3.07. The van der Waals surface area contributed by atoms with Crippen molar-refractivity contribution < 1.29 is 4.39 Å². The zero-order chi connectivity index (χ0) is 18.2. The maximum Gasteiger partial charge on any atom is 0.123 e. The summed E-state index contributed by atoms with van der Waals surface area (Å²) in [7, 11) is 0. The van der Waals surface area contributed by atoms with Gasteiger partial charge in [-0.2, -0.15) is 15.0 Å². The standard InChI is InChI=1S/C21H25FN4/c1-2-3-7-14-23-15-20-21(18-8-5-4-6-9-18)25-26(24-20)16-17-10-12-19(22)13-11-17/h4-6,8-13,23H,2-3,7,14-16H2,1H3. The largest absolute Gasteiger partial charge is 0.311 e. The summed E-state index contributed by atoms with van der Waals surface area (Å²) in [5.74, 6) is -0.232. The molecule has 3 rings (SSSR count). The first-order valence-corrected chi connectivity index (χ1v) is 9.21. The SMILES string of the molecule is CCCCCNCc1nn(Cc2ccc(F)cc2)nc1-c1ccccc1. The Balaban J connectivity index is 1.76. The Kier molecular flexibility index (Phi) is 6.50. The molecule has 0 unspecified atom stereocenters. The van der Waals surface area contributed by atoms with E-state index in [4.69, 9.17) is 0 Å². The number of hydrogen-bond donors (Lipinski definition) is 1. The number of rotatable bonds is 9. The zero-order valence-electron chi connectivity index (χ0n) is 15.2. The van der Waals surface area contributed by atoms with Crippen molar-refractivity contribution in [3.63, 3.8) is 0 Å². The topological polar surface area (TPSA) is 42.7 Å². The highest BCUT2D eigenvalue weighted by Gasteiger charge is 2.13. The minimum atomic E-state index is -0.232. The number of hydrogen-bond acceptors (Lipinski definition) is 3. The van der Waals surface area contributed by atoms with Gasteiger partial charge in [0, 0.05) is 12.1 Å². The molecule has 0 saturated carbocycles. The molecule has 1 aromatic heterocycles. The highest BCUT2D eigenvalue weighted by Crippen LogP contribution is 2.20. The van der Waals surface area contributed by atoms with E-state index in [0.29, 0.717) is 13.1 Å². The van der Waals surface area contributed by atoms with Crippen LogP contribution in [0.5, 0.6) is 0 Å². The van der Waals surface area contributed by atoms with Gasteiger partial charge in [-0.15, -0.1) is 0 Å². The fraction of sp³-hybridized carbons (Fsp3) is 0.333. The first kappa shape index (κ1) is 18.3. The van der Waals surface area contributed by atoms with Gasteiger partial charge in [0.2, 0.25) is 0 Å². The Morgan fingerprint density at radius 3 is 2.46 bits per heavy atom. The number of halogens is 1. The lowest BCUT2D eigenvalue weighted by molar-refractivity contribution is 0.568. The summed E-state index contributed by atoms with van der Waals surface area (Å²) in [4.78, 5) is 1.69. The molecule has 3 aromatic rings. The van der Waals surface area contributed by atoms with Crippen LogP contribution in [0.15, 0.2) is 54.6 Å². The third-order valence-electron chi connectivity index (χ3n) is 4.26. The van der Waals surface area contributed by atoms with Crippen LogP contribution in [0.2, 0.25) is 0 Å². The third kappa shape index (κ3) is 4.99. The first-order chi connectivity index (χ1) is 12.8. The molecule has 0 atom stereocenters. The van der Waals surface area contributed by atoms with Gasteiger partial charge in [-0.25, -0.2) is 4.39 Å². The summed E-state index contributed by atoms with van der Waals surface area (Å²) in [6.07, 6.45) is 3.61. The van der Waals surface area contributed by atoms with Gasteiger partial charge in [0.15, 0.2) is 0 Å². The van der Waals surface area contributed by atoms with Crippen LogP contribution in [0.4, 0.5) is 4.39 Å². The second-order valence-corrected chi connectivity index (χ2v) is 6.40. The third-order valence-corrected chi connectivity index (χ3v) is 4.26. The summed E-state index contributed by atoms with van der Waals surface area (Å²) in [6, 6.07) is 16.6. The second-order valence-electron chi connectivity index (χ2n) is 6.40. The highest BCUT2D eigenvalue weighted by atomic mass is 19.1. The van der Waals surface area contributed by atoms with Crippen molar-refractivity contribution >= 4 is 0 Å². The molecule has 4 nitrogen and oxygen atoms in total. The Morgan fingerprint density at radius 1 is 0.962 bits per heavy atom. The number of nitrogens with one attached hydrogen (secondary N) is 1. The predicted molar refractivity (Wildman–Crippen MR) is 102 cm³/mol. The van der Waals surface area contributed by atoms with Crippen LogP contribution in [0.1, 0.15) is 37.4 Å². The second kappa shape index (κ2) is 9.25. The smallest absolute Gasteiger partial charge is 0.123 e. The van der Waals surface area contributed by atoms with E-state index < -0.39 is 0 Å². The normalized spacial score (nSPS) is 11.0. The summed E-state index contributed by atoms with van der Waals surface area (Å²) < 4.78 is 13.1. The first-order valence-electron chi connectivity index (χ1n) is 9.21. The Hall–Kier alpha value is -2.53. The molecule has 0 fully saturated rings. The Labute approximate surface area is 154 Å². The molecule has 1 N–H and O–H groups in total. The monoisotopic (exact) mass is 352 g/mol. The average molecular weight is 352 g/mol. The van der Waals surface area contributed by atoms with Crippen LogP contribution in [0.25, 0.3) is 11.3 Å². The maximum atomic E-state index is 13.1.